The summed E-state index contributed by atoms with van der Waals surface area (Å²) in [7, 11) is 2.19. The van der Waals surface area contributed by atoms with Crippen molar-refractivity contribution < 1.29 is 10.2 Å². The van der Waals surface area contributed by atoms with Crippen LogP contribution in [0.3, 0.4) is 0 Å². The first-order valence-electron chi connectivity index (χ1n) is 9.57. The average molecular weight is 326 g/mol. The molecule has 0 radical (unpaired) electrons. The van der Waals surface area contributed by atoms with Gasteiger partial charge < -0.3 is 15.1 Å². The monoisotopic (exact) mass is 326 g/mol. The van der Waals surface area contributed by atoms with E-state index in [1.54, 1.807) is 0 Å². The van der Waals surface area contributed by atoms with Crippen molar-refractivity contribution in [1.82, 2.24) is 4.90 Å². The number of likely N-dealkylation sites (N-methyl/N-ethyl adjacent to an activating group) is 1. The summed E-state index contributed by atoms with van der Waals surface area (Å²) in [6.45, 7) is 2.19. The maximum Gasteiger partial charge on any atom is 0.111 e. The third-order valence-electron chi connectivity index (χ3n) is 8.46. The van der Waals surface area contributed by atoms with Crippen LogP contribution in [0, 0.1) is 17.8 Å². The molecule has 5 fully saturated rings. The summed E-state index contributed by atoms with van der Waals surface area (Å²) in [5.41, 5.74) is 2.51. The first-order chi connectivity index (χ1) is 11.6. The molecule has 7 rings (SSSR count). The van der Waals surface area contributed by atoms with E-state index in [1.165, 1.54) is 11.3 Å². The number of hydrogen-bond acceptors (Lipinski definition) is 4. The minimum Gasteiger partial charge on any atom is -0.392 e. The Balaban J connectivity index is 1.60. The summed E-state index contributed by atoms with van der Waals surface area (Å²) in [6, 6.07) is 9.70. The predicted molar refractivity (Wildman–Crippen MR) is 91.7 cm³/mol. The second-order valence-corrected chi connectivity index (χ2v) is 8.81. The minimum absolute atomic E-state index is 0.126. The van der Waals surface area contributed by atoms with Crippen molar-refractivity contribution in [2.75, 3.05) is 11.9 Å². The topological polar surface area (TPSA) is 46.9 Å². The number of hydrogen-bond donors (Lipinski definition) is 2. The molecule has 3 unspecified atom stereocenters. The molecule has 10 atom stereocenters. The number of aliphatic hydroxyl groups excluding tert-OH is 2. The molecule has 5 aliphatic heterocycles. The summed E-state index contributed by atoms with van der Waals surface area (Å²) in [6.07, 6.45) is 2.56. The van der Waals surface area contributed by atoms with Crippen LogP contribution in [-0.4, -0.2) is 52.6 Å². The Labute approximate surface area is 143 Å². The number of para-hydroxylation sites is 1. The zero-order valence-electron chi connectivity index (χ0n) is 14.3. The van der Waals surface area contributed by atoms with Crippen LogP contribution >= 0.6 is 0 Å². The highest BCUT2D eigenvalue weighted by Crippen LogP contribution is 2.68. The van der Waals surface area contributed by atoms with Crippen molar-refractivity contribution in [3.05, 3.63) is 29.8 Å². The summed E-state index contributed by atoms with van der Waals surface area (Å²) >= 11 is 0. The molecule has 1 aromatic rings. The molecule has 1 aliphatic carbocycles. The molecule has 5 bridgehead atoms. The molecule has 1 saturated carbocycles. The van der Waals surface area contributed by atoms with E-state index in [2.05, 4.69) is 48.0 Å². The van der Waals surface area contributed by atoms with Crippen molar-refractivity contribution >= 4 is 5.69 Å². The minimum atomic E-state index is -0.319. The Hall–Kier alpha value is -1.10. The highest BCUT2D eigenvalue weighted by atomic mass is 16.3. The largest absolute Gasteiger partial charge is 0.392 e. The van der Waals surface area contributed by atoms with Crippen LogP contribution in [-0.2, 0) is 5.41 Å². The predicted octanol–water partition coefficient (Wildman–Crippen LogP) is 1.55. The van der Waals surface area contributed by atoms with E-state index in [4.69, 9.17) is 0 Å². The molecule has 0 aromatic heterocycles. The number of piperidine rings is 4. The van der Waals surface area contributed by atoms with E-state index in [0.717, 1.165) is 19.3 Å². The van der Waals surface area contributed by atoms with Crippen LogP contribution in [0.5, 0.6) is 0 Å². The van der Waals surface area contributed by atoms with Crippen LogP contribution in [0.2, 0.25) is 0 Å². The Morgan fingerprint density at radius 3 is 2.79 bits per heavy atom. The van der Waals surface area contributed by atoms with Gasteiger partial charge >= 0.3 is 0 Å². The van der Waals surface area contributed by atoms with Crippen molar-refractivity contribution in [2.24, 2.45) is 17.8 Å². The van der Waals surface area contributed by atoms with Gasteiger partial charge in [0.2, 0.25) is 0 Å². The molecule has 6 aliphatic rings. The van der Waals surface area contributed by atoms with Gasteiger partial charge in [-0.1, -0.05) is 25.1 Å². The lowest BCUT2D eigenvalue weighted by Crippen LogP contribution is -2.72. The van der Waals surface area contributed by atoms with Crippen molar-refractivity contribution in [2.45, 2.75) is 62.1 Å². The molecule has 24 heavy (non-hydrogen) atoms. The number of nitrogens with zero attached hydrogens (tertiary/aromatic N) is 2. The Kier molecular flexibility index (Phi) is 2.45. The zero-order chi connectivity index (χ0) is 16.4. The van der Waals surface area contributed by atoms with Gasteiger partial charge in [-0.05, 0) is 36.8 Å². The van der Waals surface area contributed by atoms with Gasteiger partial charge in [-0.2, -0.15) is 0 Å². The molecule has 4 heteroatoms. The fourth-order valence-electron chi connectivity index (χ4n) is 7.88. The smallest absolute Gasteiger partial charge is 0.111 e. The zero-order valence-corrected chi connectivity index (χ0v) is 14.3. The maximum atomic E-state index is 11.6. The molecular weight excluding hydrogens is 300 g/mol. The molecule has 0 amide bonds. The van der Waals surface area contributed by atoms with Gasteiger partial charge in [0.25, 0.3) is 0 Å². The molecule has 4 nitrogen and oxygen atoms in total. The lowest BCUT2D eigenvalue weighted by atomic mass is 9.62. The van der Waals surface area contributed by atoms with Gasteiger partial charge in [-0.3, -0.25) is 4.90 Å². The lowest BCUT2D eigenvalue weighted by Gasteiger charge is -2.62. The van der Waals surface area contributed by atoms with Gasteiger partial charge in [0.05, 0.1) is 12.1 Å². The van der Waals surface area contributed by atoms with Gasteiger partial charge in [-0.15, -0.1) is 0 Å². The van der Waals surface area contributed by atoms with Gasteiger partial charge in [0.15, 0.2) is 0 Å². The SMILES string of the molecule is CC[C@@H]1C2C[C@@H]3[C@H]4N(C)c5ccccc5[C@@]45C[C@H](C2[C@@H]5O)N3[C@H]1O. The molecule has 5 heterocycles. The fourth-order valence-corrected chi connectivity index (χ4v) is 7.88. The maximum absolute atomic E-state index is 11.6. The molecule has 1 spiro atoms. The third-order valence-corrected chi connectivity index (χ3v) is 8.46. The summed E-state index contributed by atoms with van der Waals surface area (Å²) < 4.78 is 0. The van der Waals surface area contributed by atoms with Gasteiger partial charge in [0, 0.05) is 42.1 Å². The summed E-state index contributed by atoms with van der Waals surface area (Å²) in [5, 5.41) is 22.6. The average Bonchev–Trinajstić information content (AvgIpc) is 2.97. The highest BCUT2D eigenvalue weighted by molar-refractivity contribution is 5.67. The normalized spacial score (nSPS) is 55.8. The third kappa shape index (κ3) is 1.20. The van der Waals surface area contributed by atoms with Crippen molar-refractivity contribution in [3.8, 4) is 0 Å². The van der Waals surface area contributed by atoms with Crippen LogP contribution in [0.1, 0.15) is 31.7 Å². The Bertz CT molecular complexity index is 723. The van der Waals surface area contributed by atoms with E-state index in [0.29, 0.717) is 35.9 Å². The van der Waals surface area contributed by atoms with E-state index in [1.807, 2.05) is 0 Å². The summed E-state index contributed by atoms with van der Waals surface area (Å²) in [5.74, 6) is 1.14. The number of aliphatic hydroxyl groups is 2. The second-order valence-electron chi connectivity index (χ2n) is 8.81. The van der Waals surface area contributed by atoms with E-state index >= 15 is 0 Å². The first-order valence-corrected chi connectivity index (χ1v) is 9.57. The van der Waals surface area contributed by atoms with Crippen molar-refractivity contribution in [1.29, 1.82) is 0 Å². The first kappa shape index (κ1) is 14.1. The number of fused-ring (bicyclic) bond motifs is 2. The van der Waals surface area contributed by atoms with Crippen LogP contribution in [0.25, 0.3) is 0 Å². The van der Waals surface area contributed by atoms with Gasteiger partial charge in [0.1, 0.15) is 6.23 Å². The Morgan fingerprint density at radius 2 is 2.00 bits per heavy atom. The lowest BCUT2D eigenvalue weighted by molar-refractivity contribution is -0.211. The standard InChI is InChI=1S/C20H26N2O2/c1-3-10-11-8-14-17-20(12-6-4-5-7-13(12)21(17)2)9-15(16(11)18(20)23)22(14)19(10)24/h4-7,10-11,14-19,23-24H,3,8-9H2,1-2H3/t10-,11?,14-,15-,16?,17-,18+,19+,20+/m1/s1. The van der Waals surface area contributed by atoms with E-state index in [9.17, 15) is 10.2 Å². The molecular formula is C20H26N2O2. The quantitative estimate of drug-likeness (QED) is 0.822. The number of rotatable bonds is 1. The van der Waals surface area contributed by atoms with Crippen LogP contribution in [0.15, 0.2) is 24.3 Å². The van der Waals surface area contributed by atoms with E-state index < -0.39 is 0 Å². The van der Waals surface area contributed by atoms with Crippen LogP contribution < -0.4 is 4.90 Å². The van der Waals surface area contributed by atoms with Gasteiger partial charge in [-0.25, -0.2) is 0 Å². The highest BCUT2D eigenvalue weighted by Gasteiger charge is 2.76. The van der Waals surface area contributed by atoms with Crippen molar-refractivity contribution in [3.63, 3.8) is 0 Å². The second kappa shape index (κ2) is 4.17. The number of anilines is 1. The molecule has 4 saturated heterocycles. The van der Waals surface area contributed by atoms with Crippen LogP contribution in [0.4, 0.5) is 5.69 Å². The number of benzene rings is 1. The fraction of sp³-hybridized carbons (Fsp3) is 0.700. The Morgan fingerprint density at radius 1 is 1.21 bits per heavy atom. The van der Waals surface area contributed by atoms with E-state index in [-0.39, 0.29) is 17.7 Å². The summed E-state index contributed by atoms with van der Waals surface area (Å²) in [4.78, 5) is 4.83. The molecule has 1 aromatic carbocycles. The molecule has 2 N–H and O–H groups in total. The molecule has 128 valence electrons.